The second-order valence-corrected chi connectivity index (χ2v) is 6.23. The van der Waals surface area contributed by atoms with Gasteiger partial charge in [0, 0.05) is 18.3 Å². The highest BCUT2D eigenvalue weighted by Crippen LogP contribution is 2.24. The Morgan fingerprint density at radius 1 is 1.25 bits per heavy atom. The van der Waals surface area contributed by atoms with Gasteiger partial charge in [0.05, 0.1) is 5.69 Å². The van der Waals surface area contributed by atoms with E-state index in [1.54, 1.807) is 31.3 Å². The standard InChI is InChI=1S/C13H14ClN3O2S/c1-9-5-6-10(8-11(9)14)17-20(18,19)12-4-3-7-16-13(12)15-2/h3-8,17H,1-2H3,(H,15,16). The van der Waals surface area contributed by atoms with Gasteiger partial charge >= 0.3 is 0 Å². The highest BCUT2D eigenvalue weighted by atomic mass is 35.5. The molecule has 2 N–H and O–H groups in total. The average molecular weight is 312 g/mol. The first kappa shape index (κ1) is 14.6. The number of sulfonamides is 1. The Labute approximate surface area is 123 Å². The molecule has 106 valence electrons. The number of anilines is 2. The van der Waals surface area contributed by atoms with E-state index in [-0.39, 0.29) is 4.90 Å². The van der Waals surface area contributed by atoms with Crippen LogP contribution in [-0.4, -0.2) is 20.4 Å². The van der Waals surface area contributed by atoms with Gasteiger partial charge in [-0.05, 0) is 36.8 Å². The molecule has 0 spiro atoms. The van der Waals surface area contributed by atoms with Crippen LogP contribution in [0.5, 0.6) is 0 Å². The predicted octanol–water partition coefficient (Wildman–Crippen LogP) is 2.89. The van der Waals surface area contributed by atoms with Gasteiger partial charge in [0.25, 0.3) is 10.0 Å². The van der Waals surface area contributed by atoms with Crippen LogP contribution in [0.3, 0.4) is 0 Å². The van der Waals surface area contributed by atoms with Crippen molar-refractivity contribution >= 4 is 33.1 Å². The van der Waals surface area contributed by atoms with Crippen molar-refractivity contribution in [3.05, 3.63) is 47.1 Å². The second kappa shape index (κ2) is 5.68. The number of hydrogen-bond acceptors (Lipinski definition) is 4. The fraction of sp³-hybridized carbons (Fsp3) is 0.154. The molecule has 0 aliphatic carbocycles. The Morgan fingerprint density at radius 3 is 2.65 bits per heavy atom. The van der Waals surface area contributed by atoms with Crippen LogP contribution in [0.25, 0.3) is 0 Å². The topological polar surface area (TPSA) is 71.1 Å². The van der Waals surface area contributed by atoms with E-state index in [0.717, 1.165) is 5.56 Å². The van der Waals surface area contributed by atoms with Crippen LogP contribution in [0.15, 0.2) is 41.4 Å². The molecule has 2 rings (SSSR count). The van der Waals surface area contributed by atoms with Gasteiger partial charge in [0.2, 0.25) is 0 Å². The van der Waals surface area contributed by atoms with Crippen molar-refractivity contribution in [2.24, 2.45) is 0 Å². The molecule has 2 aromatic rings. The zero-order valence-corrected chi connectivity index (χ0v) is 12.6. The third-order valence-corrected chi connectivity index (χ3v) is 4.54. The molecule has 0 radical (unpaired) electrons. The van der Waals surface area contributed by atoms with Gasteiger partial charge in [-0.1, -0.05) is 17.7 Å². The fourth-order valence-corrected chi connectivity index (χ4v) is 3.06. The zero-order valence-electron chi connectivity index (χ0n) is 11.0. The van der Waals surface area contributed by atoms with Crippen molar-refractivity contribution in [1.29, 1.82) is 0 Å². The lowest BCUT2D eigenvalue weighted by Gasteiger charge is -2.11. The quantitative estimate of drug-likeness (QED) is 0.911. The predicted molar refractivity (Wildman–Crippen MR) is 80.8 cm³/mol. The Balaban J connectivity index is 2.38. The minimum absolute atomic E-state index is 0.0826. The third kappa shape index (κ3) is 3.02. The van der Waals surface area contributed by atoms with Gasteiger partial charge in [-0.2, -0.15) is 0 Å². The second-order valence-electron chi connectivity index (χ2n) is 4.17. The van der Waals surface area contributed by atoms with Crippen LogP contribution in [0.1, 0.15) is 5.56 Å². The first-order valence-corrected chi connectivity index (χ1v) is 7.72. The molecule has 0 fully saturated rings. The molecule has 1 aromatic carbocycles. The maximum atomic E-state index is 12.3. The molecule has 0 bridgehead atoms. The lowest BCUT2D eigenvalue weighted by atomic mass is 10.2. The minimum atomic E-state index is -3.72. The number of nitrogens with zero attached hydrogens (tertiary/aromatic N) is 1. The SMILES string of the molecule is CNc1ncccc1S(=O)(=O)Nc1ccc(C)c(Cl)c1. The first-order chi connectivity index (χ1) is 9.44. The van der Waals surface area contributed by atoms with Crippen LogP contribution >= 0.6 is 11.6 Å². The first-order valence-electron chi connectivity index (χ1n) is 5.86. The molecule has 1 aromatic heterocycles. The molecule has 0 saturated heterocycles. The van der Waals surface area contributed by atoms with E-state index in [1.165, 1.54) is 12.3 Å². The van der Waals surface area contributed by atoms with Crippen LogP contribution in [-0.2, 0) is 10.0 Å². The maximum Gasteiger partial charge on any atom is 0.265 e. The summed E-state index contributed by atoms with van der Waals surface area (Å²) in [6, 6.07) is 8.04. The van der Waals surface area contributed by atoms with Gasteiger partial charge in [-0.25, -0.2) is 13.4 Å². The van der Waals surface area contributed by atoms with Crippen molar-refractivity contribution in [1.82, 2.24) is 4.98 Å². The molecule has 0 saturated carbocycles. The van der Waals surface area contributed by atoms with E-state index < -0.39 is 10.0 Å². The van der Waals surface area contributed by atoms with E-state index in [1.807, 2.05) is 6.92 Å². The molecule has 0 atom stereocenters. The van der Waals surface area contributed by atoms with E-state index in [2.05, 4.69) is 15.0 Å². The summed E-state index contributed by atoms with van der Waals surface area (Å²) in [5.74, 6) is 0.290. The van der Waals surface area contributed by atoms with Crippen LogP contribution in [0.4, 0.5) is 11.5 Å². The molecular weight excluding hydrogens is 298 g/mol. The number of nitrogens with one attached hydrogen (secondary N) is 2. The summed E-state index contributed by atoms with van der Waals surface area (Å²) >= 11 is 5.99. The lowest BCUT2D eigenvalue weighted by Crippen LogP contribution is -2.15. The van der Waals surface area contributed by atoms with Crippen molar-refractivity contribution < 1.29 is 8.42 Å². The Kier molecular flexibility index (Phi) is 4.15. The Bertz CT molecular complexity index is 732. The molecule has 7 heteroatoms. The van der Waals surface area contributed by atoms with Crippen molar-refractivity contribution in [2.45, 2.75) is 11.8 Å². The monoisotopic (exact) mass is 311 g/mol. The summed E-state index contributed by atoms with van der Waals surface area (Å²) in [5.41, 5.74) is 1.29. The number of pyridine rings is 1. The van der Waals surface area contributed by atoms with E-state index in [9.17, 15) is 8.42 Å². The molecule has 5 nitrogen and oxygen atoms in total. The van der Waals surface area contributed by atoms with Gasteiger partial charge in [0.15, 0.2) is 0 Å². The Morgan fingerprint density at radius 2 is 2.00 bits per heavy atom. The number of halogens is 1. The lowest BCUT2D eigenvalue weighted by molar-refractivity contribution is 0.601. The number of rotatable bonds is 4. The summed E-state index contributed by atoms with van der Waals surface area (Å²) < 4.78 is 27.2. The van der Waals surface area contributed by atoms with Crippen LogP contribution < -0.4 is 10.0 Å². The average Bonchev–Trinajstić information content (AvgIpc) is 2.42. The zero-order chi connectivity index (χ0) is 14.8. The van der Waals surface area contributed by atoms with E-state index >= 15 is 0 Å². The van der Waals surface area contributed by atoms with Gasteiger partial charge < -0.3 is 5.32 Å². The minimum Gasteiger partial charge on any atom is -0.372 e. The van der Waals surface area contributed by atoms with Crippen molar-refractivity contribution in [3.8, 4) is 0 Å². The number of hydrogen-bond donors (Lipinski definition) is 2. The highest BCUT2D eigenvalue weighted by Gasteiger charge is 2.19. The molecule has 0 aliphatic rings. The van der Waals surface area contributed by atoms with Crippen LogP contribution in [0.2, 0.25) is 5.02 Å². The summed E-state index contributed by atoms with van der Waals surface area (Å²) in [5, 5.41) is 3.26. The largest absolute Gasteiger partial charge is 0.372 e. The van der Waals surface area contributed by atoms with Crippen molar-refractivity contribution in [3.63, 3.8) is 0 Å². The van der Waals surface area contributed by atoms with Gasteiger partial charge in [-0.15, -0.1) is 0 Å². The van der Waals surface area contributed by atoms with Crippen molar-refractivity contribution in [2.75, 3.05) is 17.1 Å². The highest BCUT2D eigenvalue weighted by molar-refractivity contribution is 7.92. The molecule has 0 amide bonds. The molecule has 20 heavy (non-hydrogen) atoms. The van der Waals surface area contributed by atoms with Gasteiger partial charge in [-0.3, -0.25) is 4.72 Å². The van der Waals surface area contributed by atoms with E-state index in [0.29, 0.717) is 16.5 Å². The summed E-state index contributed by atoms with van der Waals surface area (Å²) in [7, 11) is -2.10. The molecule has 0 aliphatic heterocycles. The molecule has 0 unspecified atom stereocenters. The number of aryl methyl sites for hydroxylation is 1. The Hall–Kier alpha value is -1.79. The number of benzene rings is 1. The van der Waals surface area contributed by atoms with Gasteiger partial charge in [0.1, 0.15) is 10.7 Å². The normalized spacial score (nSPS) is 11.2. The molecule has 1 heterocycles. The fourth-order valence-electron chi connectivity index (χ4n) is 1.66. The number of aromatic nitrogens is 1. The van der Waals surface area contributed by atoms with E-state index in [4.69, 9.17) is 11.6 Å². The smallest absolute Gasteiger partial charge is 0.265 e. The summed E-state index contributed by atoms with van der Waals surface area (Å²) in [6.45, 7) is 1.85. The summed E-state index contributed by atoms with van der Waals surface area (Å²) in [4.78, 5) is 4.06. The maximum absolute atomic E-state index is 12.3. The molecular formula is C13H14ClN3O2S. The van der Waals surface area contributed by atoms with Crippen LogP contribution in [0, 0.1) is 6.92 Å². The summed E-state index contributed by atoms with van der Waals surface area (Å²) in [6.07, 6.45) is 1.52. The third-order valence-electron chi connectivity index (χ3n) is 2.72.